The van der Waals surface area contributed by atoms with Crippen LogP contribution < -0.4 is 10.6 Å². The number of allylic oxidation sites excluding steroid dienone is 1. The second-order valence-electron chi connectivity index (χ2n) is 11.7. The van der Waals surface area contributed by atoms with E-state index in [4.69, 9.17) is 0 Å². The number of anilines is 1. The van der Waals surface area contributed by atoms with Gasteiger partial charge >= 0.3 is 0 Å². The third kappa shape index (κ3) is 4.53. The summed E-state index contributed by atoms with van der Waals surface area (Å²) in [6.07, 6.45) is 11.2. The van der Waals surface area contributed by atoms with E-state index in [1.54, 1.807) is 18.2 Å². The number of hydrogen-bond acceptors (Lipinski definition) is 6. The standard InChI is InChI=1S/C29H36N6O3/c1-19-7-8-24(26(36)32-19)35-27(37)22-5-3-6-23(25(22)28(35)38)30-15-20-16-31-34(17-20)21-9-13-33(14-10-21)18-29(2)11-4-12-29/h3,5-6,16-17,21,24,30H,1,4,7-15,18H2,2H3,(H,32,36). The molecule has 2 saturated heterocycles. The first-order chi connectivity index (χ1) is 18.3. The number of amides is 3. The van der Waals surface area contributed by atoms with Crippen LogP contribution in [0.3, 0.4) is 0 Å². The summed E-state index contributed by atoms with van der Waals surface area (Å²) >= 11 is 0. The molecular weight excluding hydrogens is 480 g/mol. The van der Waals surface area contributed by atoms with Crippen LogP contribution in [0.15, 0.2) is 42.9 Å². The second kappa shape index (κ2) is 9.69. The molecule has 38 heavy (non-hydrogen) atoms. The Morgan fingerprint density at radius 1 is 1.13 bits per heavy atom. The van der Waals surface area contributed by atoms with Crippen LogP contribution in [-0.2, 0) is 11.3 Å². The monoisotopic (exact) mass is 516 g/mol. The van der Waals surface area contributed by atoms with Gasteiger partial charge in [0.1, 0.15) is 6.04 Å². The van der Waals surface area contributed by atoms with Crippen molar-refractivity contribution in [3.8, 4) is 0 Å². The zero-order valence-corrected chi connectivity index (χ0v) is 22.0. The van der Waals surface area contributed by atoms with Gasteiger partial charge in [0.2, 0.25) is 5.91 Å². The largest absolute Gasteiger partial charge is 0.380 e. The second-order valence-corrected chi connectivity index (χ2v) is 11.7. The van der Waals surface area contributed by atoms with Crippen LogP contribution in [0.5, 0.6) is 0 Å². The van der Waals surface area contributed by atoms with E-state index in [2.05, 4.69) is 45.0 Å². The Hall–Kier alpha value is -3.46. The first-order valence-electron chi connectivity index (χ1n) is 13.8. The Kier molecular flexibility index (Phi) is 6.34. The molecule has 2 N–H and O–H groups in total. The van der Waals surface area contributed by atoms with Gasteiger partial charge in [0.05, 0.1) is 23.4 Å². The van der Waals surface area contributed by atoms with Crippen molar-refractivity contribution in [1.82, 2.24) is 24.9 Å². The van der Waals surface area contributed by atoms with E-state index in [-0.39, 0.29) is 5.91 Å². The SMILES string of the molecule is C=C1CCC(N2C(=O)c3cccc(NCc4cnn(C5CCN(CC6(C)CCC6)CC5)c4)c3C2=O)C(=O)N1. The molecule has 1 aromatic carbocycles. The summed E-state index contributed by atoms with van der Waals surface area (Å²) in [6, 6.07) is 4.80. The number of hydrogen-bond donors (Lipinski definition) is 2. The quantitative estimate of drug-likeness (QED) is 0.545. The van der Waals surface area contributed by atoms with Gasteiger partial charge in [0.25, 0.3) is 11.8 Å². The molecule has 2 aromatic rings. The predicted molar refractivity (Wildman–Crippen MR) is 143 cm³/mol. The molecule has 3 amide bonds. The number of aromatic nitrogens is 2. The minimum absolute atomic E-state index is 0.328. The molecule has 9 nitrogen and oxygen atoms in total. The first kappa shape index (κ1) is 24.9. The normalized spacial score (nSPS) is 23.8. The van der Waals surface area contributed by atoms with Crippen LogP contribution in [0.2, 0.25) is 0 Å². The van der Waals surface area contributed by atoms with Crippen molar-refractivity contribution in [2.45, 2.75) is 70.5 Å². The lowest BCUT2D eigenvalue weighted by Crippen LogP contribution is -2.51. The molecule has 6 rings (SSSR count). The van der Waals surface area contributed by atoms with E-state index >= 15 is 0 Å². The van der Waals surface area contributed by atoms with Crippen molar-refractivity contribution in [3.05, 3.63) is 59.6 Å². The van der Waals surface area contributed by atoms with Crippen molar-refractivity contribution in [3.63, 3.8) is 0 Å². The van der Waals surface area contributed by atoms with Gasteiger partial charge < -0.3 is 15.5 Å². The maximum Gasteiger partial charge on any atom is 0.264 e. The van der Waals surface area contributed by atoms with Crippen LogP contribution in [0, 0.1) is 5.41 Å². The molecular formula is C29H36N6O3. The predicted octanol–water partition coefficient (Wildman–Crippen LogP) is 3.71. The Balaban J connectivity index is 1.09. The summed E-state index contributed by atoms with van der Waals surface area (Å²) in [5.74, 6) is -1.22. The van der Waals surface area contributed by atoms with Crippen molar-refractivity contribution in [1.29, 1.82) is 0 Å². The fourth-order valence-corrected chi connectivity index (χ4v) is 6.43. The summed E-state index contributed by atoms with van der Waals surface area (Å²) in [6.45, 7) is 10.1. The van der Waals surface area contributed by atoms with Crippen LogP contribution >= 0.6 is 0 Å². The van der Waals surface area contributed by atoms with Gasteiger partial charge in [-0.2, -0.15) is 5.10 Å². The summed E-state index contributed by atoms with van der Waals surface area (Å²) in [4.78, 5) is 42.7. The molecule has 1 saturated carbocycles. The molecule has 0 bridgehead atoms. The number of nitrogens with one attached hydrogen (secondary N) is 2. The molecule has 1 unspecified atom stereocenters. The Morgan fingerprint density at radius 3 is 2.63 bits per heavy atom. The molecule has 1 atom stereocenters. The Bertz CT molecular complexity index is 1290. The minimum Gasteiger partial charge on any atom is -0.380 e. The number of carbonyl (C=O) groups is 3. The van der Waals surface area contributed by atoms with Gasteiger partial charge in [0, 0.05) is 49.3 Å². The van der Waals surface area contributed by atoms with E-state index in [1.807, 2.05) is 6.20 Å². The maximum atomic E-state index is 13.4. The first-order valence-corrected chi connectivity index (χ1v) is 13.8. The number of benzene rings is 1. The Morgan fingerprint density at radius 2 is 1.92 bits per heavy atom. The van der Waals surface area contributed by atoms with E-state index in [0.717, 1.165) is 36.4 Å². The van der Waals surface area contributed by atoms with Crippen molar-refractivity contribution in [2.24, 2.45) is 5.41 Å². The fraction of sp³-hybridized carbons (Fsp3) is 0.517. The maximum absolute atomic E-state index is 13.4. The van der Waals surface area contributed by atoms with Crippen molar-refractivity contribution in [2.75, 3.05) is 25.0 Å². The van der Waals surface area contributed by atoms with E-state index in [0.29, 0.717) is 53.4 Å². The van der Waals surface area contributed by atoms with E-state index in [1.165, 1.54) is 25.8 Å². The molecule has 3 aliphatic heterocycles. The van der Waals surface area contributed by atoms with Gasteiger partial charge in [-0.15, -0.1) is 0 Å². The molecule has 9 heteroatoms. The van der Waals surface area contributed by atoms with Crippen molar-refractivity contribution < 1.29 is 14.4 Å². The summed E-state index contributed by atoms with van der Waals surface area (Å²) in [5, 5.41) is 10.7. The van der Waals surface area contributed by atoms with E-state index < -0.39 is 17.9 Å². The third-order valence-electron chi connectivity index (χ3n) is 8.82. The van der Waals surface area contributed by atoms with Gasteiger partial charge in [-0.3, -0.25) is 24.0 Å². The molecule has 1 aromatic heterocycles. The average Bonchev–Trinajstić information content (AvgIpc) is 3.46. The highest BCUT2D eigenvalue weighted by Crippen LogP contribution is 2.41. The number of imide groups is 1. The topological polar surface area (TPSA) is 99.6 Å². The smallest absolute Gasteiger partial charge is 0.264 e. The lowest BCUT2D eigenvalue weighted by molar-refractivity contribution is -0.125. The van der Waals surface area contributed by atoms with Crippen LogP contribution in [0.4, 0.5) is 5.69 Å². The van der Waals surface area contributed by atoms with Crippen LogP contribution in [0.25, 0.3) is 0 Å². The van der Waals surface area contributed by atoms with Crippen LogP contribution in [-0.4, -0.2) is 63.0 Å². The third-order valence-corrected chi connectivity index (χ3v) is 8.82. The van der Waals surface area contributed by atoms with Crippen LogP contribution in [0.1, 0.15) is 84.2 Å². The zero-order valence-electron chi connectivity index (χ0n) is 22.0. The molecule has 1 aliphatic carbocycles. The van der Waals surface area contributed by atoms with Gasteiger partial charge in [0.15, 0.2) is 0 Å². The van der Waals surface area contributed by atoms with Gasteiger partial charge in [-0.1, -0.05) is 26.0 Å². The number of nitrogens with zero attached hydrogens (tertiary/aromatic N) is 4. The fourth-order valence-electron chi connectivity index (χ4n) is 6.43. The molecule has 3 fully saturated rings. The average molecular weight is 517 g/mol. The molecule has 200 valence electrons. The van der Waals surface area contributed by atoms with E-state index in [9.17, 15) is 14.4 Å². The van der Waals surface area contributed by atoms with Crippen molar-refractivity contribution >= 4 is 23.4 Å². The number of likely N-dealkylation sites (tertiary alicyclic amines) is 1. The number of fused-ring (bicyclic) bond motifs is 1. The minimum atomic E-state index is -0.818. The Labute approximate surface area is 223 Å². The number of carbonyl (C=O) groups excluding carboxylic acids is 3. The lowest BCUT2D eigenvalue weighted by atomic mass is 9.70. The molecule has 0 spiro atoms. The molecule has 0 radical (unpaired) electrons. The summed E-state index contributed by atoms with van der Waals surface area (Å²) < 4.78 is 2.08. The molecule has 4 heterocycles. The molecule has 4 aliphatic rings. The van der Waals surface area contributed by atoms with Gasteiger partial charge in [-0.25, -0.2) is 0 Å². The van der Waals surface area contributed by atoms with Gasteiger partial charge in [-0.05, 0) is 56.1 Å². The zero-order chi connectivity index (χ0) is 26.4. The highest BCUT2D eigenvalue weighted by molar-refractivity contribution is 6.25. The highest BCUT2D eigenvalue weighted by Gasteiger charge is 2.45. The summed E-state index contributed by atoms with van der Waals surface area (Å²) in [5.41, 5.74) is 3.40. The number of rotatable bonds is 7. The lowest BCUT2D eigenvalue weighted by Gasteiger charge is -2.44. The summed E-state index contributed by atoms with van der Waals surface area (Å²) in [7, 11) is 0. The number of piperidine rings is 2. The highest BCUT2D eigenvalue weighted by atomic mass is 16.2.